The van der Waals surface area contributed by atoms with Gasteiger partial charge in [0.05, 0.1) is 6.04 Å². The number of carbonyl (C=O) groups is 2. The van der Waals surface area contributed by atoms with Crippen LogP contribution >= 0.6 is 0 Å². The van der Waals surface area contributed by atoms with Crippen molar-refractivity contribution in [2.75, 3.05) is 27.7 Å². The molecule has 0 fully saturated rings. The van der Waals surface area contributed by atoms with Crippen molar-refractivity contribution in [2.24, 2.45) is 0 Å². The van der Waals surface area contributed by atoms with Crippen LogP contribution in [0.2, 0.25) is 0 Å². The second-order valence-electron chi connectivity index (χ2n) is 3.19. The summed E-state index contributed by atoms with van der Waals surface area (Å²) in [5.74, 6) is -0.0573. The maximum Gasteiger partial charge on any atom is 0.239 e. The molecule has 0 aliphatic rings. The van der Waals surface area contributed by atoms with Crippen LogP contribution in [0.5, 0.6) is 0 Å². The minimum atomic E-state index is -0.204. The smallest absolute Gasteiger partial charge is 0.239 e. The molecular formula is C9H19N3O2. The average Bonchev–Trinajstić information content (AvgIpc) is 2.22. The third-order valence-electron chi connectivity index (χ3n) is 2.13. The average molecular weight is 201 g/mol. The van der Waals surface area contributed by atoms with Crippen molar-refractivity contribution in [1.29, 1.82) is 0 Å². The van der Waals surface area contributed by atoms with E-state index >= 15 is 0 Å². The Hall–Kier alpha value is -1.10. The summed E-state index contributed by atoms with van der Waals surface area (Å²) in [6, 6.07) is -0.204. The summed E-state index contributed by atoms with van der Waals surface area (Å²) < 4.78 is 0. The van der Waals surface area contributed by atoms with E-state index in [1.807, 2.05) is 0 Å². The maximum absolute atomic E-state index is 11.5. The van der Waals surface area contributed by atoms with E-state index in [1.165, 1.54) is 0 Å². The second-order valence-corrected chi connectivity index (χ2v) is 3.19. The number of nitrogens with one attached hydrogen (secondary N) is 2. The molecule has 0 radical (unpaired) electrons. The van der Waals surface area contributed by atoms with Crippen LogP contribution in [0.3, 0.4) is 0 Å². The summed E-state index contributed by atoms with van der Waals surface area (Å²) in [5.41, 5.74) is 0. The normalized spacial score (nSPS) is 12.0. The van der Waals surface area contributed by atoms with E-state index in [0.717, 1.165) is 0 Å². The number of rotatable bonds is 5. The molecule has 0 rings (SSSR count). The molecule has 14 heavy (non-hydrogen) atoms. The van der Waals surface area contributed by atoms with E-state index in [9.17, 15) is 9.59 Å². The fourth-order valence-corrected chi connectivity index (χ4v) is 0.958. The van der Waals surface area contributed by atoms with Gasteiger partial charge >= 0.3 is 0 Å². The van der Waals surface area contributed by atoms with E-state index in [0.29, 0.717) is 13.0 Å². The molecule has 0 aromatic carbocycles. The van der Waals surface area contributed by atoms with E-state index in [4.69, 9.17) is 0 Å². The summed E-state index contributed by atoms with van der Waals surface area (Å²) in [6.07, 6.45) is 0.342. The van der Waals surface area contributed by atoms with Gasteiger partial charge in [-0.05, 0) is 14.0 Å². The first-order chi connectivity index (χ1) is 6.52. The zero-order valence-corrected chi connectivity index (χ0v) is 9.26. The molecule has 0 heterocycles. The Balaban J connectivity index is 3.90. The summed E-state index contributed by atoms with van der Waals surface area (Å²) in [7, 11) is 5.01. The molecular weight excluding hydrogens is 182 g/mol. The topological polar surface area (TPSA) is 61.4 Å². The maximum atomic E-state index is 11.5. The van der Waals surface area contributed by atoms with Gasteiger partial charge in [-0.2, -0.15) is 0 Å². The Morgan fingerprint density at radius 3 is 2.36 bits per heavy atom. The largest absolute Gasteiger partial charge is 0.359 e. The van der Waals surface area contributed by atoms with E-state index < -0.39 is 0 Å². The highest BCUT2D eigenvalue weighted by atomic mass is 16.2. The van der Waals surface area contributed by atoms with Crippen molar-refractivity contribution in [3.8, 4) is 0 Å². The fraction of sp³-hybridized carbons (Fsp3) is 0.778. The highest BCUT2D eigenvalue weighted by molar-refractivity contribution is 5.82. The molecule has 0 bridgehead atoms. The predicted molar refractivity (Wildman–Crippen MR) is 54.8 cm³/mol. The fourth-order valence-electron chi connectivity index (χ4n) is 0.958. The molecule has 1 unspecified atom stereocenters. The lowest BCUT2D eigenvalue weighted by Crippen LogP contribution is -2.42. The van der Waals surface area contributed by atoms with Gasteiger partial charge in [0.2, 0.25) is 11.8 Å². The lowest BCUT2D eigenvalue weighted by molar-refractivity contribution is -0.132. The van der Waals surface area contributed by atoms with Gasteiger partial charge < -0.3 is 15.5 Å². The lowest BCUT2D eigenvalue weighted by atomic mass is 10.3. The van der Waals surface area contributed by atoms with Gasteiger partial charge in [0.1, 0.15) is 0 Å². The number of nitrogens with zero attached hydrogens (tertiary/aromatic N) is 1. The Kier molecular flexibility index (Phi) is 5.87. The SMILES string of the molecule is CNC(=O)CCN(C)C(=O)C(C)NC. The molecule has 0 aliphatic heterocycles. The molecule has 0 saturated heterocycles. The Morgan fingerprint density at radius 2 is 1.93 bits per heavy atom. The summed E-state index contributed by atoms with van der Waals surface area (Å²) in [4.78, 5) is 24.0. The molecule has 5 nitrogen and oxygen atoms in total. The molecule has 1 atom stereocenters. The first-order valence-electron chi connectivity index (χ1n) is 4.65. The van der Waals surface area contributed by atoms with Crippen molar-refractivity contribution in [1.82, 2.24) is 15.5 Å². The number of hydrogen-bond donors (Lipinski definition) is 2. The van der Waals surface area contributed by atoms with Crippen LogP contribution in [0.15, 0.2) is 0 Å². The van der Waals surface area contributed by atoms with Crippen LogP contribution in [-0.2, 0) is 9.59 Å². The van der Waals surface area contributed by atoms with Crippen LogP contribution in [0, 0.1) is 0 Å². The molecule has 0 aromatic rings. The van der Waals surface area contributed by atoms with E-state index in [2.05, 4.69) is 10.6 Å². The van der Waals surface area contributed by atoms with Crippen LogP contribution < -0.4 is 10.6 Å². The number of carbonyl (C=O) groups excluding carboxylic acids is 2. The van der Waals surface area contributed by atoms with Gasteiger partial charge in [0.15, 0.2) is 0 Å². The number of hydrogen-bond acceptors (Lipinski definition) is 3. The van der Waals surface area contributed by atoms with Crippen molar-refractivity contribution in [3.63, 3.8) is 0 Å². The third kappa shape index (κ3) is 4.23. The second kappa shape index (κ2) is 6.37. The van der Waals surface area contributed by atoms with Gasteiger partial charge in [-0.1, -0.05) is 0 Å². The van der Waals surface area contributed by atoms with Gasteiger partial charge in [-0.25, -0.2) is 0 Å². The minimum Gasteiger partial charge on any atom is -0.359 e. The number of likely N-dealkylation sites (N-methyl/N-ethyl adjacent to an activating group) is 2. The van der Waals surface area contributed by atoms with Gasteiger partial charge in [0, 0.05) is 27.1 Å². The molecule has 0 aliphatic carbocycles. The van der Waals surface area contributed by atoms with Gasteiger partial charge in [-0.3, -0.25) is 9.59 Å². The van der Waals surface area contributed by atoms with E-state index in [1.54, 1.807) is 33.0 Å². The first-order valence-corrected chi connectivity index (χ1v) is 4.65. The van der Waals surface area contributed by atoms with Crippen LogP contribution in [0.1, 0.15) is 13.3 Å². The summed E-state index contributed by atoms with van der Waals surface area (Å²) in [6.45, 7) is 2.24. The van der Waals surface area contributed by atoms with Crippen molar-refractivity contribution in [3.05, 3.63) is 0 Å². The van der Waals surface area contributed by atoms with Gasteiger partial charge in [-0.15, -0.1) is 0 Å². The highest BCUT2D eigenvalue weighted by Crippen LogP contribution is 1.93. The third-order valence-corrected chi connectivity index (χ3v) is 2.13. The summed E-state index contributed by atoms with van der Waals surface area (Å²) in [5, 5.41) is 5.37. The van der Waals surface area contributed by atoms with Crippen molar-refractivity contribution >= 4 is 11.8 Å². The molecule has 0 saturated carbocycles. The van der Waals surface area contributed by atoms with Crippen LogP contribution in [-0.4, -0.2) is 50.4 Å². The Bertz CT molecular complexity index is 206. The number of amides is 2. The molecule has 0 spiro atoms. The zero-order chi connectivity index (χ0) is 11.1. The molecule has 2 amide bonds. The highest BCUT2D eigenvalue weighted by Gasteiger charge is 2.15. The molecule has 82 valence electrons. The lowest BCUT2D eigenvalue weighted by Gasteiger charge is -2.20. The molecule has 0 aromatic heterocycles. The zero-order valence-electron chi connectivity index (χ0n) is 9.26. The first kappa shape index (κ1) is 12.9. The Labute approximate surface area is 84.8 Å². The van der Waals surface area contributed by atoms with Crippen molar-refractivity contribution in [2.45, 2.75) is 19.4 Å². The molecule has 5 heteroatoms. The Morgan fingerprint density at radius 1 is 1.36 bits per heavy atom. The van der Waals surface area contributed by atoms with E-state index in [-0.39, 0.29) is 17.9 Å². The summed E-state index contributed by atoms with van der Waals surface area (Å²) >= 11 is 0. The van der Waals surface area contributed by atoms with Gasteiger partial charge in [0.25, 0.3) is 0 Å². The monoisotopic (exact) mass is 201 g/mol. The minimum absolute atomic E-state index is 0.00333. The molecule has 2 N–H and O–H groups in total. The quantitative estimate of drug-likeness (QED) is 0.611. The van der Waals surface area contributed by atoms with Crippen LogP contribution in [0.4, 0.5) is 0 Å². The standard InChI is InChI=1S/C9H19N3O2/c1-7(10-2)9(14)12(4)6-5-8(13)11-3/h7,10H,5-6H2,1-4H3,(H,11,13). The van der Waals surface area contributed by atoms with Crippen LogP contribution in [0.25, 0.3) is 0 Å². The predicted octanol–water partition coefficient (Wildman–Crippen LogP) is -0.811. The van der Waals surface area contributed by atoms with Crippen molar-refractivity contribution < 1.29 is 9.59 Å².